The number of hydrogen-bond acceptors (Lipinski definition) is 4. The van der Waals surface area contributed by atoms with E-state index in [0.29, 0.717) is 13.0 Å². The van der Waals surface area contributed by atoms with Gasteiger partial charge in [0.1, 0.15) is 4.88 Å². The van der Waals surface area contributed by atoms with Crippen molar-refractivity contribution in [3.63, 3.8) is 0 Å². The summed E-state index contributed by atoms with van der Waals surface area (Å²) in [6.45, 7) is 2.50. The van der Waals surface area contributed by atoms with Gasteiger partial charge in [-0.15, -0.1) is 11.3 Å². The molecule has 2 aromatic rings. The van der Waals surface area contributed by atoms with Gasteiger partial charge in [0.25, 0.3) is 5.91 Å². The zero-order valence-electron chi connectivity index (χ0n) is 14.5. The van der Waals surface area contributed by atoms with Crippen LogP contribution in [0.2, 0.25) is 0 Å². The third-order valence-corrected chi connectivity index (χ3v) is 6.87. The second kappa shape index (κ2) is 6.54. The molecular formula is C20H24N2O2S. The number of benzene rings is 1. The van der Waals surface area contributed by atoms with Crippen LogP contribution in [0.25, 0.3) is 0 Å². The Hall–Kier alpha value is -1.72. The highest BCUT2D eigenvalue weighted by Gasteiger charge is 2.50. The molecule has 1 aromatic heterocycles. The Balaban J connectivity index is 1.67. The molecule has 3 atom stereocenters. The van der Waals surface area contributed by atoms with Gasteiger partial charge >= 0.3 is 0 Å². The summed E-state index contributed by atoms with van der Waals surface area (Å²) in [6, 6.07) is 10.1. The van der Waals surface area contributed by atoms with Gasteiger partial charge in [0.15, 0.2) is 0 Å². The normalized spacial score (nSPS) is 29.3. The van der Waals surface area contributed by atoms with Gasteiger partial charge in [-0.1, -0.05) is 43.2 Å². The van der Waals surface area contributed by atoms with E-state index in [0.717, 1.165) is 41.8 Å². The number of thiazole rings is 1. The fourth-order valence-corrected chi connectivity index (χ4v) is 5.42. The van der Waals surface area contributed by atoms with E-state index in [1.165, 1.54) is 11.3 Å². The first kappa shape index (κ1) is 16.7. The van der Waals surface area contributed by atoms with Gasteiger partial charge in [0.2, 0.25) is 0 Å². The maximum atomic E-state index is 13.1. The third kappa shape index (κ3) is 2.79. The van der Waals surface area contributed by atoms with Gasteiger partial charge in [-0.2, -0.15) is 0 Å². The molecule has 1 saturated heterocycles. The largest absolute Gasteiger partial charge is 0.385 e. The summed E-state index contributed by atoms with van der Waals surface area (Å²) in [4.78, 5) is 20.1. The van der Waals surface area contributed by atoms with E-state index in [-0.39, 0.29) is 17.9 Å². The third-order valence-electron chi connectivity index (χ3n) is 5.95. The Kier molecular flexibility index (Phi) is 4.38. The van der Waals surface area contributed by atoms with Crippen molar-refractivity contribution in [1.29, 1.82) is 0 Å². The van der Waals surface area contributed by atoms with E-state index in [9.17, 15) is 9.90 Å². The minimum absolute atomic E-state index is 0.0898. The monoisotopic (exact) mass is 356 g/mol. The summed E-state index contributed by atoms with van der Waals surface area (Å²) in [7, 11) is 0. The zero-order valence-corrected chi connectivity index (χ0v) is 15.3. The molecule has 2 heterocycles. The van der Waals surface area contributed by atoms with Crippen LogP contribution in [-0.2, 0) is 5.60 Å². The lowest BCUT2D eigenvalue weighted by Crippen LogP contribution is -2.58. The zero-order chi connectivity index (χ0) is 17.4. The lowest BCUT2D eigenvalue weighted by Gasteiger charge is -2.52. The predicted molar refractivity (Wildman–Crippen MR) is 98.6 cm³/mol. The van der Waals surface area contributed by atoms with Crippen molar-refractivity contribution < 1.29 is 9.90 Å². The number of aromatic nitrogens is 1. The van der Waals surface area contributed by atoms with Gasteiger partial charge < -0.3 is 10.0 Å². The number of aliphatic hydroxyl groups is 1. The molecule has 2 aliphatic rings. The Bertz CT molecular complexity index is 760. The van der Waals surface area contributed by atoms with E-state index in [4.69, 9.17) is 0 Å². The quantitative estimate of drug-likeness (QED) is 0.892. The Morgan fingerprint density at radius 3 is 2.76 bits per heavy atom. The van der Waals surface area contributed by atoms with E-state index >= 15 is 0 Å². The molecule has 0 unspecified atom stereocenters. The lowest BCUT2D eigenvalue weighted by molar-refractivity contribution is -0.110. The molecular weight excluding hydrogens is 332 g/mol. The van der Waals surface area contributed by atoms with E-state index in [1.807, 2.05) is 42.2 Å². The highest BCUT2D eigenvalue weighted by molar-refractivity contribution is 7.11. The molecule has 4 nitrogen and oxygen atoms in total. The number of likely N-dealkylation sites (tertiary alicyclic amines) is 1. The number of hydrogen-bond donors (Lipinski definition) is 1. The number of amides is 1. The number of rotatable bonds is 2. The van der Waals surface area contributed by atoms with Crippen molar-refractivity contribution in [2.24, 2.45) is 5.92 Å². The Morgan fingerprint density at radius 1 is 1.28 bits per heavy atom. The smallest absolute Gasteiger partial charge is 0.266 e. The van der Waals surface area contributed by atoms with Crippen LogP contribution in [0.1, 0.15) is 53.0 Å². The highest BCUT2D eigenvalue weighted by Crippen LogP contribution is 2.47. The molecule has 2 fully saturated rings. The van der Waals surface area contributed by atoms with Crippen LogP contribution in [0.15, 0.2) is 35.8 Å². The average Bonchev–Trinajstić information content (AvgIpc) is 3.08. The van der Waals surface area contributed by atoms with Gasteiger partial charge in [-0.05, 0) is 31.7 Å². The van der Waals surface area contributed by atoms with E-state index in [1.54, 1.807) is 5.51 Å². The van der Waals surface area contributed by atoms with Crippen LogP contribution in [0.4, 0.5) is 0 Å². The van der Waals surface area contributed by atoms with Crippen molar-refractivity contribution >= 4 is 17.2 Å². The molecule has 0 radical (unpaired) electrons. The number of aryl methyl sites for hydroxylation is 1. The van der Waals surface area contributed by atoms with Gasteiger partial charge in [0.05, 0.1) is 16.8 Å². The second-order valence-corrected chi connectivity index (χ2v) is 8.12. The molecule has 1 N–H and O–H groups in total. The van der Waals surface area contributed by atoms with Crippen molar-refractivity contribution in [2.45, 2.75) is 50.7 Å². The summed E-state index contributed by atoms with van der Waals surface area (Å²) in [5, 5.41) is 11.6. The Labute approximate surface area is 152 Å². The maximum absolute atomic E-state index is 13.1. The van der Waals surface area contributed by atoms with E-state index in [2.05, 4.69) is 4.98 Å². The minimum atomic E-state index is -0.828. The molecule has 0 spiro atoms. The molecule has 132 valence electrons. The van der Waals surface area contributed by atoms with Crippen LogP contribution in [0.5, 0.6) is 0 Å². The summed E-state index contributed by atoms with van der Waals surface area (Å²) >= 11 is 1.42. The van der Waals surface area contributed by atoms with Crippen molar-refractivity contribution in [3.8, 4) is 0 Å². The molecule has 1 amide bonds. The fraction of sp³-hybridized carbons (Fsp3) is 0.500. The summed E-state index contributed by atoms with van der Waals surface area (Å²) < 4.78 is 0. The number of fused-ring (bicyclic) bond motifs is 1. The molecule has 1 aliphatic carbocycles. The minimum Gasteiger partial charge on any atom is -0.385 e. The first-order chi connectivity index (χ1) is 12.1. The van der Waals surface area contributed by atoms with Crippen LogP contribution in [0, 0.1) is 12.8 Å². The molecule has 25 heavy (non-hydrogen) atoms. The summed E-state index contributed by atoms with van der Waals surface area (Å²) in [6.07, 6.45) is 4.79. The number of piperidine rings is 1. The van der Waals surface area contributed by atoms with Crippen molar-refractivity contribution in [3.05, 3.63) is 52.0 Å². The lowest BCUT2D eigenvalue weighted by atomic mass is 9.66. The molecule has 1 aromatic carbocycles. The van der Waals surface area contributed by atoms with Crippen molar-refractivity contribution in [1.82, 2.24) is 9.88 Å². The predicted octanol–water partition coefficient (Wildman–Crippen LogP) is 3.74. The van der Waals surface area contributed by atoms with Crippen LogP contribution in [-0.4, -0.2) is 33.5 Å². The van der Waals surface area contributed by atoms with E-state index < -0.39 is 5.60 Å². The molecule has 4 rings (SSSR count). The second-order valence-electron chi connectivity index (χ2n) is 7.26. The number of nitrogens with zero attached hydrogens (tertiary/aromatic N) is 2. The fourth-order valence-electron chi connectivity index (χ4n) is 4.66. The van der Waals surface area contributed by atoms with Crippen LogP contribution in [0.3, 0.4) is 0 Å². The maximum Gasteiger partial charge on any atom is 0.266 e. The topological polar surface area (TPSA) is 53.4 Å². The number of carbonyl (C=O) groups is 1. The summed E-state index contributed by atoms with van der Waals surface area (Å²) in [5.74, 6) is 0.196. The van der Waals surface area contributed by atoms with Crippen molar-refractivity contribution in [2.75, 3.05) is 6.54 Å². The first-order valence-corrected chi connectivity index (χ1v) is 9.98. The van der Waals surface area contributed by atoms with Gasteiger partial charge in [-0.25, -0.2) is 4.98 Å². The molecule has 1 aliphatic heterocycles. The number of carbonyl (C=O) groups excluding carboxylic acids is 1. The molecule has 1 saturated carbocycles. The Morgan fingerprint density at radius 2 is 2.04 bits per heavy atom. The van der Waals surface area contributed by atoms with Crippen LogP contribution < -0.4 is 0 Å². The van der Waals surface area contributed by atoms with Crippen LogP contribution >= 0.6 is 11.3 Å². The van der Waals surface area contributed by atoms with Gasteiger partial charge in [-0.3, -0.25) is 4.79 Å². The molecule has 5 heteroatoms. The molecule has 0 bridgehead atoms. The van der Waals surface area contributed by atoms with Gasteiger partial charge in [0, 0.05) is 18.5 Å². The SMILES string of the molecule is Cc1ncsc1C(=O)N1CC[C@](O)(c2ccccc2)[C@@H]2CCCC[C@H]21. The first-order valence-electron chi connectivity index (χ1n) is 9.10. The standard InChI is InChI=1S/C20H24N2O2S/c1-14-18(25-13-21-14)19(23)22-12-11-20(24,15-7-3-2-4-8-15)16-9-5-6-10-17(16)22/h2-4,7-8,13,16-17,24H,5-6,9-12H2,1H3/t16-,17-,20+/m1/s1. The highest BCUT2D eigenvalue weighted by atomic mass is 32.1. The summed E-state index contributed by atoms with van der Waals surface area (Å²) in [5.41, 5.74) is 2.72. The average molecular weight is 356 g/mol.